The van der Waals surface area contributed by atoms with Gasteiger partial charge in [-0.3, -0.25) is 0 Å². The van der Waals surface area contributed by atoms with E-state index in [0.29, 0.717) is 0 Å². The average Bonchev–Trinajstić information content (AvgIpc) is 2.82. The molecule has 0 aliphatic carbocycles. The van der Waals surface area contributed by atoms with Gasteiger partial charge in [-0.1, -0.05) is 76.1 Å². The van der Waals surface area contributed by atoms with E-state index in [1.165, 1.54) is 45.4 Å². The lowest BCUT2D eigenvalue weighted by molar-refractivity contribution is 0.00800. The lowest BCUT2D eigenvalue weighted by Crippen LogP contribution is -1.99. The lowest BCUT2D eigenvalue weighted by atomic mass is 9.86. The zero-order valence-corrected chi connectivity index (χ0v) is 21.0. The normalized spacial score (nSPS) is 12.0. The highest BCUT2D eigenvalue weighted by molar-refractivity contribution is 5.87. The van der Waals surface area contributed by atoms with Crippen molar-refractivity contribution in [2.75, 3.05) is 0 Å². The van der Waals surface area contributed by atoms with Gasteiger partial charge >= 0.3 is 0 Å². The van der Waals surface area contributed by atoms with E-state index in [1.807, 2.05) is 19.9 Å². The molecule has 2 aromatic carbocycles. The molecule has 0 aliphatic heterocycles. The van der Waals surface area contributed by atoms with Gasteiger partial charge in [-0.25, -0.2) is 0 Å². The Hall–Kier alpha value is -3.18. The molecule has 2 heteroatoms. The highest BCUT2D eigenvalue weighted by Crippen LogP contribution is 2.33. The van der Waals surface area contributed by atoms with Crippen LogP contribution in [0.3, 0.4) is 0 Å². The monoisotopic (exact) mass is 438 g/mol. The fourth-order valence-electron chi connectivity index (χ4n) is 4.19. The van der Waals surface area contributed by atoms with Crippen molar-refractivity contribution in [1.82, 2.24) is 0 Å². The SMILES string of the molecule is CC=Cc1cc(C=CC)cc(C(=C(C=C=[N+]=[N-])CCCCC)c2cc(CC)cc(CC)c2)c1. The second kappa shape index (κ2) is 14.1. The molecule has 0 saturated carbocycles. The van der Waals surface area contributed by atoms with Crippen molar-refractivity contribution < 1.29 is 4.79 Å². The van der Waals surface area contributed by atoms with Crippen molar-refractivity contribution in [3.8, 4) is 0 Å². The number of rotatable bonds is 11. The van der Waals surface area contributed by atoms with E-state index in [0.717, 1.165) is 37.7 Å². The van der Waals surface area contributed by atoms with Gasteiger partial charge in [0.05, 0.1) is 6.08 Å². The van der Waals surface area contributed by atoms with Crippen LogP contribution in [0.1, 0.15) is 93.7 Å². The molecule has 0 heterocycles. The fraction of sp³-hybridized carbons (Fsp3) is 0.355. The van der Waals surface area contributed by atoms with E-state index < -0.39 is 0 Å². The molecular weight excluding hydrogens is 400 g/mol. The highest BCUT2D eigenvalue weighted by Gasteiger charge is 2.14. The molecule has 2 rings (SSSR count). The van der Waals surface area contributed by atoms with Gasteiger partial charge in [0.15, 0.2) is 0 Å². The van der Waals surface area contributed by atoms with Crippen LogP contribution in [0.5, 0.6) is 0 Å². The Morgan fingerprint density at radius 2 is 1.39 bits per heavy atom. The van der Waals surface area contributed by atoms with Gasteiger partial charge in [-0.15, -0.1) is 4.79 Å². The molecule has 0 radical (unpaired) electrons. The minimum atomic E-state index is 0.913. The van der Waals surface area contributed by atoms with Crippen LogP contribution < -0.4 is 0 Å². The summed E-state index contributed by atoms with van der Waals surface area (Å²) in [6.07, 6.45) is 16.6. The van der Waals surface area contributed by atoms with E-state index in [2.05, 4.69) is 92.1 Å². The van der Waals surface area contributed by atoms with Gasteiger partial charge in [0.2, 0.25) is 0 Å². The quantitative estimate of drug-likeness (QED) is 0.111. The molecule has 0 amide bonds. The fourth-order valence-corrected chi connectivity index (χ4v) is 4.19. The Kier molecular flexibility index (Phi) is 11.1. The Morgan fingerprint density at radius 1 is 0.818 bits per heavy atom. The molecular formula is C31H38N2. The second-order valence-electron chi connectivity index (χ2n) is 8.36. The minimum Gasteiger partial charge on any atom is -0.348 e. The van der Waals surface area contributed by atoms with E-state index in [-0.39, 0.29) is 0 Å². The van der Waals surface area contributed by atoms with Crippen molar-refractivity contribution in [1.29, 1.82) is 0 Å². The van der Waals surface area contributed by atoms with Crippen LogP contribution in [0, 0.1) is 0 Å². The number of benzene rings is 2. The molecule has 0 aliphatic rings. The molecule has 0 N–H and O–H groups in total. The topological polar surface area (TPSA) is 36.4 Å². The Balaban J connectivity index is 2.93. The summed E-state index contributed by atoms with van der Waals surface area (Å²) in [4.78, 5) is 3.17. The summed E-state index contributed by atoms with van der Waals surface area (Å²) in [5, 5.41) is 0. The van der Waals surface area contributed by atoms with E-state index in [1.54, 1.807) is 0 Å². The number of aryl methyl sites for hydroxylation is 2. The number of hydrogen-bond acceptors (Lipinski definition) is 0. The smallest absolute Gasteiger partial charge is 0.299 e. The van der Waals surface area contributed by atoms with Gasteiger partial charge in [0.1, 0.15) is 0 Å². The van der Waals surface area contributed by atoms with Crippen LogP contribution in [0.15, 0.2) is 60.2 Å². The third-order valence-electron chi connectivity index (χ3n) is 5.81. The van der Waals surface area contributed by atoms with Crippen LogP contribution >= 0.6 is 0 Å². The van der Waals surface area contributed by atoms with Crippen LogP contribution in [0.25, 0.3) is 23.3 Å². The van der Waals surface area contributed by atoms with Crippen LogP contribution in [0.2, 0.25) is 0 Å². The van der Waals surface area contributed by atoms with Gasteiger partial charge in [-0.2, -0.15) is 0 Å². The summed E-state index contributed by atoms with van der Waals surface area (Å²) in [5.41, 5.74) is 18.9. The van der Waals surface area contributed by atoms with Gasteiger partial charge in [0, 0.05) is 0 Å². The van der Waals surface area contributed by atoms with Gasteiger partial charge in [0.25, 0.3) is 5.87 Å². The maximum Gasteiger partial charge on any atom is 0.299 e. The summed E-state index contributed by atoms with van der Waals surface area (Å²) in [6.45, 7) is 10.7. The molecule has 33 heavy (non-hydrogen) atoms. The molecule has 0 atom stereocenters. The summed E-state index contributed by atoms with van der Waals surface area (Å²) in [6, 6.07) is 13.7. The first kappa shape index (κ1) is 26.1. The van der Waals surface area contributed by atoms with Crippen LogP contribution in [0.4, 0.5) is 0 Å². The zero-order chi connectivity index (χ0) is 24.1. The molecule has 0 aromatic heterocycles. The molecule has 0 fully saturated rings. The predicted octanol–water partition coefficient (Wildman–Crippen LogP) is 8.72. The van der Waals surface area contributed by atoms with Gasteiger partial charge < -0.3 is 5.53 Å². The number of nitrogens with zero attached hydrogens (tertiary/aromatic N) is 2. The molecule has 2 nitrogen and oxygen atoms in total. The molecule has 172 valence electrons. The highest BCUT2D eigenvalue weighted by atomic mass is 14.8. The second-order valence-corrected chi connectivity index (χ2v) is 8.36. The van der Waals surface area contributed by atoms with Crippen molar-refractivity contribution >= 4 is 23.6 Å². The summed E-state index contributed by atoms with van der Waals surface area (Å²) < 4.78 is 0. The minimum absolute atomic E-state index is 0.913. The molecule has 0 spiro atoms. The molecule has 0 bridgehead atoms. The third kappa shape index (κ3) is 7.72. The van der Waals surface area contributed by atoms with Crippen molar-refractivity contribution in [2.45, 2.75) is 73.1 Å². The first-order valence-electron chi connectivity index (χ1n) is 12.3. The lowest BCUT2D eigenvalue weighted by Gasteiger charge is -2.17. The van der Waals surface area contributed by atoms with E-state index >= 15 is 0 Å². The Labute approximate surface area is 200 Å². The standard InChI is InChI=1S/C31H38N2/c1-6-11-12-15-28(16-17-33-32)31(29-20-24(9-4)18-25(10-5)21-29)30-22-26(13-7-2)19-27(23-30)14-8-3/h7-8,13-14,16,18-23H,6,9-12,15H2,1-5H3. The number of allylic oxidation sites excluding steroid dienone is 4. The Bertz CT molecular complexity index is 1050. The summed E-state index contributed by atoms with van der Waals surface area (Å²) in [7, 11) is 0. The summed E-state index contributed by atoms with van der Waals surface area (Å²) in [5.74, 6) is 2.70. The van der Waals surface area contributed by atoms with Crippen LogP contribution in [-0.2, 0) is 12.8 Å². The maximum absolute atomic E-state index is 9.14. The average molecular weight is 439 g/mol. The van der Waals surface area contributed by atoms with Crippen molar-refractivity contribution in [2.24, 2.45) is 0 Å². The first-order valence-corrected chi connectivity index (χ1v) is 12.3. The van der Waals surface area contributed by atoms with E-state index in [9.17, 15) is 0 Å². The first-order chi connectivity index (χ1) is 16.1. The van der Waals surface area contributed by atoms with Crippen molar-refractivity contribution in [3.63, 3.8) is 0 Å². The largest absolute Gasteiger partial charge is 0.348 e. The van der Waals surface area contributed by atoms with Crippen LogP contribution in [-0.4, -0.2) is 10.7 Å². The predicted molar refractivity (Wildman–Crippen MR) is 144 cm³/mol. The zero-order valence-electron chi connectivity index (χ0n) is 21.0. The number of unbranched alkanes of at least 4 members (excludes halogenated alkanes) is 2. The number of hydrogen-bond donors (Lipinski definition) is 0. The molecule has 0 unspecified atom stereocenters. The third-order valence-corrected chi connectivity index (χ3v) is 5.81. The van der Waals surface area contributed by atoms with E-state index in [4.69, 9.17) is 5.53 Å². The maximum atomic E-state index is 9.14. The Morgan fingerprint density at radius 3 is 1.88 bits per heavy atom. The molecule has 0 saturated heterocycles. The summed E-state index contributed by atoms with van der Waals surface area (Å²) >= 11 is 0. The van der Waals surface area contributed by atoms with Gasteiger partial charge in [-0.05, 0) is 102 Å². The molecule has 2 aromatic rings. The van der Waals surface area contributed by atoms with Crippen molar-refractivity contribution in [3.05, 3.63) is 99.1 Å².